The Morgan fingerprint density at radius 2 is 2.27 bits per heavy atom. The first kappa shape index (κ1) is 17.2. The van der Waals surface area contributed by atoms with E-state index in [1.807, 2.05) is 0 Å². The van der Waals surface area contributed by atoms with Crippen LogP contribution in [0.4, 0.5) is 4.39 Å². The number of halogens is 2. The number of carbonyl (C=O) groups is 1. The molecule has 1 saturated heterocycles. The summed E-state index contributed by atoms with van der Waals surface area (Å²) < 4.78 is 13.3. The molecule has 2 aliphatic rings. The third-order valence-electron chi connectivity index (χ3n) is 5.17. The number of aryl methyl sites for hydroxylation is 1. The maximum Gasteiger partial charge on any atom is 0.228 e. The van der Waals surface area contributed by atoms with E-state index in [0.29, 0.717) is 18.0 Å². The number of hydrogen-bond donors (Lipinski definition) is 2. The molecule has 2 atom stereocenters. The first-order chi connectivity index (χ1) is 10.1. The Hall–Kier alpha value is -1.13. The Balaban J connectivity index is 0.00000176. The molecule has 1 amide bonds. The standard InChI is InChI=1S/C17H23FN2O.ClH/c1-12-8-13(5-6-15(12)18)9-20-16(21)17-7-3-2-4-14(17)10-19-11-17;/h5-6,8,14,19H,2-4,7,9-11H2,1H3,(H,20,21);1H/t14-,17+;/m0./s1. The van der Waals surface area contributed by atoms with Crippen molar-refractivity contribution in [2.24, 2.45) is 11.3 Å². The van der Waals surface area contributed by atoms with Crippen molar-refractivity contribution in [1.82, 2.24) is 10.6 Å². The van der Waals surface area contributed by atoms with Gasteiger partial charge in [0.15, 0.2) is 0 Å². The van der Waals surface area contributed by atoms with E-state index in [1.165, 1.54) is 12.5 Å². The van der Waals surface area contributed by atoms with Crippen molar-refractivity contribution in [3.8, 4) is 0 Å². The first-order valence-electron chi connectivity index (χ1n) is 7.86. The van der Waals surface area contributed by atoms with Gasteiger partial charge >= 0.3 is 0 Å². The molecule has 0 aromatic heterocycles. The van der Waals surface area contributed by atoms with E-state index in [-0.39, 0.29) is 29.5 Å². The molecular weight excluding hydrogens is 303 g/mol. The predicted octanol–water partition coefficient (Wildman–Crippen LogP) is 2.95. The van der Waals surface area contributed by atoms with Crippen molar-refractivity contribution in [3.63, 3.8) is 0 Å². The lowest BCUT2D eigenvalue weighted by atomic mass is 9.67. The van der Waals surface area contributed by atoms with Gasteiger partial charge in [0, 0.05) is 13.1 Å². The fraction of sp³-hybridized carbons (Fsp3) is 0.588. The van der Waals surface area contributed by atoms with Crippen molar-refractivity contribution in [2.45, 2.75) is 39.2 Å². The fourth-order valence-electron chi connectivity index (χ4n) is 3.87. The molecule has 0 unspecified atom stereocenters. The first-order valence-corrected chi connectivity index (χ1v) is 7.86. The summed E-state index contributed by atoms with van der Waals surface area (Å²) in [6.45, 7) is 3.99. The molecule has 22 heavy (non-hydrogen) atoms. The van der Waals surface area contributed by atoms with Gasteiger partial charge in [-0.05, 0) is 49.4 Å². The van der Waals surface area contributed by atoms with Crippen LogP contribution in [-0.4, -0.2) is 19.0 Å². The molecule has 122 valence electrons. The molecule has 0 spiro atoms. The number of fused-ring (bicyclic) bond motifs is 1. The van der Waals surface area contributed by atoms with Crippen LogP contribution in [0.3, 0.4) is 0 Å². The van der Waals surface area contributed by atoms with Gasteiger partial charge in [-0.1, -0.05) is 25.0 Å². The molecule has 1 aromatic carbocycles. The van der Waals surface area contributed by atoms with Crippen molar-refractivity contribution < 1.29 is 9.18 Å². The van der Waals surface area contributed by atoms with E-state index >= 15 is 0 Å². The Kier molecular flexibility index (Phi) is 5.45. The lowest BCUT2D eigenvalue weighted by Gasteiger charge is -2.37. The quantitative estimate of drug-likeness (QED) is 0.896. The Morgan fingerprint density at radius 1 is 1.45 bits per heavy atom. The minimum absolute atomic E-state index is 0. The third-order valence-corrected chi connectivity index (χ3v) is 5.17. The van der Waals surface area contributed by atoms with Gasteiger partial charge in [0.25, 0.3) is 0 Å². The highest BCUT2D eigenvalue weighted by Gasteiger charge is 2.49. The van der Waals surface area contributed by atoms with Crippen LogP contribution >= 0.6 is 12.4 Å². The van der Waals surface area contributed by atoms with Gasteiger partial charge in [0.2, 0.25) is 5.91 Å². The third kappa shape index (κ3) is 3.13. The monoisotopic (exact) mass is 326 g/mol. The zero-order valence-electron chi connectivity index (χ0n) is 13.0. The Morgan fingerprint density at radius 3 is 3.05 bits per heavy atom. The lowest BCUT2D eigenvalue weighted by Crippen LogP contribution is -2.47. The summed E-state index contributed by atoms with van der Waals surface area (Å²) in [5, 5.41) is 6.47. The highest BCUT2D eigenvalue weighted by molar-refractivity contribution is 5.85. The second-order valence-corrected chi connectivity index (χ2v) is 6.50. The molecular formula is C17H24ClFN2O. The molecule has 5 heteroatoms. The minimum atomic E-state index is -0.215. The predicted molar refractivity (Wildman–Crippen MR) is 87.5 cm³/mol. The van der Waals surface area contributed by atoms with Gasteiger partial charge in [-0.3, -0.25) is 4.79 Å². The normalized spacial score (nSPS) is 26.9. The molecule has 2 fully saturated rings. The summed E-state index contributed by atoms with van der Waals surface area (Å²) in [4.78, 5) is 12.7. The van der Waals surface area contributed by atoms with Gasteiger partial charge in [-0.15, -0.1) is 12.4 Å². The second kappa shape index (κ2) is 6.97. The van der Waals surface area contributed by atoms with E-state index in [0.717, 1.165) is 37.9 Å². The summed E-state index contributed by atoms with van der Waals surface area (Å²) >= 11 is 0. The average Bonchev–Trinajstić information content (AvgIpc) is 2.93. The zero-order chi connectivity index (χ0) is 14.9. The van der Waals surface area contributed by atoms with Gasteiger partial charge in [0.05, 0.1) is 5.41 Å². The number of benzene rings is 1. The van der Waals surface area contributed by atoms with Crippen LogP contribution in [-0.2, 0) is 11.3 Å². The highest BCUT2D eigenvalue weighted by Crippen LogP contribution is 2.43. The number of hydrogen-bond acceptors (Lipinski definition) is 2. The van der Waals surface area contributed by atoms with Crippen LogP contribution in [0, 0.1) is 24.1 Å². The summed E-state index contributed by atoms with van der Waals surface area (Å²) in [7, 11) is 0. The second-order valence-electron chi connectivity index (χ2n) is 6.50. The van der Waals surface area contributed by atoms with Crippen molar-refractivity contribution in [1.29, 1.82) is 0 Å². The highest BCUT2D eigenvalue weighted by atomic mass is 35.5. The molecule has 0 bridgehead atoms. The Labute approximate surface area is 137 Å². The van der Waals surface area contributed by atoms with Gasteiger partial charge < -0.3 is 10.6 Å². The molecule has 0 radical (unpaired) electrons. The number of nitrogens with one attached hydrogen (secondary N) is 2. The number of amides is 1. The van der Waals surface area contributed by atoms with Crippen LogP contribution in [0.25, 0.3) is 0 Å². The van der Waals surface area contributed by atoms with Gasteiger partial charge in [-0.25, -0.2) is 4.39 Å². The van der Waals surface area contributed by atoms with E-state index in [2.05, 4.69) is 10.6 Å². The van der Waals surface area contributed by atoms with Gasteiger partial charge in [-0.2, -0.15) is 0 Å². The van der Waals surface area contributed by atoms with Crippen LogP contribution in [0.2, 0.25) is 0 Å². The van der Waals surface area contributed by atoms with E-state index in [1.54, 1.807) is 19.1 Å². The van der Waals surface area contributed by atoms with E-state index in [4.69, 9.17) is 0 Å². The minimum Gasteiger partial charge on any atom is -0.351 e. The molecule has 1 aliphatic heterocycles. The molecule has 1 aliphatic carbocycles. The largest absolute Gasteiger partial charge is 0.351 e. The number of rotatable bonds is 3. The average molecular weight is 327 g/mol. The van der Waals surface area contributed by atoms with Crippen LogP contribution < -0.4 is 10.6 Å². The zero-order valence-corrected chi connectivity index (χ0v) is 13.8. The molecule has 1 saturated carbocycles. The van der Waals surface area contributed by atoms with Gasteiger partial charge in [0.1, 0.15) is 5.82 Å². The van der Waals surface area contributed by atoms with Crippen molar-refractivity contribution in [2.75, 3.05) is 13.1 Å². The maximum atomic E-state index is 13.3. The molecule has 1 heterocycles. The topological polar surface area (TPSA) is 41.1 Å². The van der Waals surface area contributed by atoms with Crippen molar-refractivity contribution in [3.05, 3.63) is 35.1 Å². The Bertz CT molecular complexity index is 551. The van der Waals surface area contributed by atoms with E-state index in [9.17, 15) is 9.18 Å². The summed E-state index contributed by atoms with van der Waals surface area (Å²) in [5.41, 5.74) is 1.36. The molecule has 1 aromatic rings. The molecule has 2 N–H and O–H groups in total. The maximum absolute atomic E-state index is 13.3. The van der Waals surface area contributed by atoms with E-state index < -0.39 is 0 Å². The molecule has 3 rings (SSSR count). The SMILES string of the molecule is Cc1cc(CNC(=O)[C@@]23CCCC[C@H]2CNC3)ccc1F.Cl. The summed E-state index contributed by atoms with van der Waals surface area (Å²) in [6.07, 6.45) is 4.51. The lowest BCUT2D eigenvalue weighted by molar-refractivity contribution is -0.134. The number of carbonyl (C=O) groups excluding carboxylic acids is 1. The van der Waals surface area contributed by atoms with Crippen LogP contribution in [0.5, 0.6) is 0 Å². The van der Waals surface area contributed by atoms with Crippen molar-refractivity contribution >= 4 is 18.3 Å². The molecule has 3 nitrogen and oxygen atoms in total. The fourth-order valence-corrected chi connectivity index (χ4v) is 3.87. The summed E-state index contributed by atoms with van der Waals surface area (Å²) in [6, 6.07) is 5.01. The smallest absolute Gasteiger partial charge is 0.228 e. The van der Waals surface area contributed by atoms with Crippen LogP contribution in [0.1, 0.15) is 36.8 Å². The summed E-state index contributed by atoms with van der Waals surface area (Å²) in [5.74, 6) is 0.441. The van der Waals surface area contributed by atoms with Crippen LogP contribution in [0.15, 0.2) is 18.2 Å².